The van der Waals surface area contributed by atoms with E-state index < -0.39 is 11.6 Å². The molecule has 7 heteroatoms. The molecule has 2 aliphatic rings. The summed E-state index contributed by atoms with van der Waals surface area (Å²) >= 11 is 0. The lowest BCUT2D eigenvalue weighted by Gasteiger charge is -2.29. The summed E-state index contributed by atoms with van der Waals surface area (Å²) in [4.78, 5) is 20.3. The fourth-order valence-electron chi connectivity index (χ4n) is 4.28. The summed E-state index contributed by atoms with van der Waals surface area (Å²) in [7, 11) is 0. The fraction of sp³-hybridized carbons (Fsp3) is 0.440. The van der Waals surface area contributed by atoms with Crippen LogP contribution < -0.4 is 5.32 Å². The van der Waals surface area contributed by atoms with E-state index in [1.54, 1.807) is 4.90 Å². The Morgan fingerprint density at radius 3 is 2.59 bits per heavy atom. The average Bonchev–Trinajstić information content (AvgIpc) is 3.25. The van der Waals surface area contributed by atoms with Gasteiger partial charge in [0.05, 0.1) is 18.8 Å². The van der Waals surface area contributed by atoms with Crippen molar-refractivity contribution in [2.45, 2.75) is 64.1 Å². The summed E-state index contributed by atoms with van der Waals surface area (Å²) in [5, 5.41) is 7.31. The first-order chi connectivity index (χ1) is 15.5. The van der Waals surface area contributed by atoms with E-state index in [2.05, 4.69) is 10.5 Å². The Morgan fingerprint density at radius 2 is 1.88 bits per heavy atom. The van der Waals surface area contributed by atoms with Crippen molar-refractivity contribution < 1.29 is 18.4 Å². The topological polar surface area (TPSA) is 53.9 Å². The predicted molar refractivity (Wildman–Crippen MR) is 119 cm³/mol. The smallest absolute Gasteiger partial charge is 0.318 e. The molecule has 0 bridgehead atoms. The number of aryl methyl sites for hydroxylation is 1. The van der Waals surface area contributed by atoms with Gasteiger partial charge >= 0.3 is 6.03 Å². The molecule has 0 aromatic heterocycles. The minimum absolute atomic E-state index is 0.0321. The third-order valence-electron chi connectivity index (χ3n) is 6.14. The first-order valence-corrected chi connectivity index (χ1v) is 11.3. The first-order valence-electron chi connectivity index (χ1n) is 11.3. The second kappa shape index (κ2) is 10.1. The van der Waals surface area contributed by atoms with Crippen LogP contribution in [0.4, 0.5) is 13.6 Å². The molecule has 32 heavy (non-hydrogen) atoms. The second-order valence-electron chi connectivity index (χ2n) is 8.74. The van der Waals surface area contributed by atoms with Crippen molar-refractivity contribution in [3.05, 3.63) is 70.8 Å². The van der Waals surface area contributed by atoms with E-state index in [0.29, 0.717) is 6.42 Å². The summed E-state index contributed by atoms with van der Waals surface area (Å²) < 4.78 is 27.7. The summed E-state index contributed by atoms with van der Waals surface area (Å²) in [6, 6.07) is 11.3. The van der Waals surface area contributed by atoms with Crippen LogP contribution in [0.2, 0.25) is 0 Å². The van der Waals surface area contributed by atoms with Crippen molar-refractivity contribution in [3.8, 4) is 0 Å². The summed E-state index contributed by atoms with van der Waals surface area (Å²) in [5.74, 6) is -1.30. The van der Waals surface area contributed by atoms with Crippen LogP contribution in [-0.4, -0.2) is 35.3 Å². The SMILES string of the molecule is Cc1ccc(C2=NOC(CN(Cc3ccc(F)cc3F)C(=O)NC3CCCCC3)C2)cc1. The molecule has 1 unspecified atom stereocenters. The van der Waals surface area contributed by atoms with Crippen LogP contribution in [0.3, 0.4) is 0 Å². The van der Waals surface area contributed by atoms with Gasteiger partial charge in [-0.05, 0) is 31.4 Å². The number of carbonyl (C=O) groups is 1. The molecule has 1 heterocycles. The maximum atomic E-state index is 14.3. The van der Waals surface area contributed by atoms with E-state index in [1.165, 1.54) is 18.6 Å². The Hall–Kier alpha value is -2.96. The largest absolute Gasteiger partial charge is 0.390 e. The second-order valence-corrected chi connectivity index (χ2v) is 8.74. The molecular weight excluding hydrogens is 412 g/mol. The number of halogens is 2. The number of hydrogen-bond acceptors (Lipinski definition) is 3. The number of benzene rings is 2. The Labute approximate surface area is 187 Å². The van der Waals surface area contributed by atoms with Gasteiger partial charge < -0.3 is 15.1 Å². The molecule has 1 aliphatic carbocycles. The normalized spacial score (nSPS) is 18.7. The van der Waals surface area contributed by atoms with Crippen LogP contribution in [0.25, 0.3) is 0 Å². The molecule has 2 aromatic rings. The molecule has 0 spiro atoms. The number of oxime groups is 1. The number of amides is 2. The number of nitrogens with one attached hydrogen (secondary N) is 1. The van der Waals surface area contributed by atoms with Crippen molar-refractivity contribution in [2.75, 3.05) is 6.54 Å². The average molecular weight is 442 g/mol. The lowest BCUT2D eigenvalue weighted by molar-refractivity contribution is 0.0580. The third-order valence-corrected chi connectivity index (χ3v) is 6.14. The van der Waals surface area contributed by atoms with Crippen molar-refractivity contribution in [2.24, 2.45) is 5.16 Å². The van der Waals surface area contributed by atoms with Gasteiger partial charge in [-0.15, -0.1) is 0 Å². The molecule has 0 saturated heterocycles. The van der Waals surface area contributed by atoms with Gasteiger partial charge in [-0.1, -0.05) is 60.3 Å². The van der Waals surface area contributed by atoms with Crippen LogP contribution in [-0.2, 0) is 11.4 Å². The zero-order valence-electron chi connectivity index (χ0n) is 18.3. The quantitative estimate of drug-likeness (QED) is 0.660. The number of carbonyl (C=O) groups excluding carboxylic acids is 1. The van der Waals surface area contributed by atoms with Crippen molar-refractivity contribution in [1.82, 2.24) is 10.2 Å². The molecule has 5 nitrogen and oxygen atoms in total. The van der Waals surface area contributed by atoms with E-state index in [0.717, 1.165) is 48.6 Å². The standard InChI is InChI=1S/C25H29F2N3O2/c1-17-7-9-18(10-8-17)24-14-22(32-29-24)16-30(15-19-11-12-20(26)13-23(19)27)25(31)28-21-5-3-2-4-6-21/h7-13,21-22H,2-6,14-16H2,1H3,(H,28,31). The molecule has 1 N–H and O–H groups in total. The molecule has 1 aliphatic heterocycles. The zero-order valence-corrected chi connectivity index (χ0v) is 18.3. The summed E-state index contributed by atoms with van der Waals surface area (Å²) in [6.07, 6.45) is 5.50. The van der Waals surface area contributed by atoms with E-state index in [9.17, 15) is 13.6 Å². The molecule has 1 fully saturated rings. The van der Waals surface area contributed by atoms with Crippen LogP contribution in [0.5, 0.6) is 0 Å². The summed E-state index contributed by atoms with van der Waals surface area (Å²) in [5.41, 5.74) is 3.25. The molecule has 1 atom stereocenters. The molecule has 2 aromatic carbocycles. The van der Waals surface area contributed by atoms with Gasteiger partial charge in [0, 0.05) is 24.1 Å². The number of rotatable bonds is 6. The van der Waals surface area contributed by atoms with Gasteiger partial charge in [0.2, 0.25) is 0 Å². The summed E-state index contributed by atoms with van der Waals surface area (Å²) in [6.45, 7) is 2.32. The fourth-order valence-corrected chi connectivity index (χ4v) is 4.28. The first kappa shape index (κ1) is 22.2. The number of hydrogen-bond donors (Lipinski definition) is 1. The lowest BCUT2D eigenvalue weighted by Crippen LogP contribution is -2.47. The third kappa shape index (κ3) is 5.64. The zero-order chi connectivity index (χ0) is 22.5. The maximum absolute atomic E-state index is 14.3. The molecule has 4 rings (SSSR count). The van der Waals surface area contributed by atoms with E-state index >= 15 is 0 Å². The monoisotopic (exact) mass is 441 g/mol. The molecular formula is C25H29F2N3O2. The molecule has 1 saturated carbocycles. The van der Waals surface area contributed by atoms with Crippen LogP contribution in [0, 0.1) is 18.6 Å². The van der Waals surface area contributed by atoms with E-state index in [-0.39, 0.29) is 36.8 Å². The Morgan fingerprint density at radius 1 is 1.12 bits per heavy atom. The van der Waals surface area contributed by atoms with Gasteiger partial charge in [0.15, 0.2) is 6.10 Å². The highest BCUT2D eigenvalue weighted by molar-refractivity contribution is 6.01. The van der Waals surface area contributed by atoms with Gasteiger partial charge in [0.25, 0.3) is 0 Å². The van der Waals surface area contributed by atoms with Crippen molar-refractivity contribution in [1.29, 1.82) is 0 Å². The Kier molecular flexibility index (Phi) is 7.02. The highest BCUT2D eigenvalue weighted by Gasteiger charge is 2.28. The van der Waals surface area contributed by atoms with Gasteiger partial charge in [-0.25, -0.2) is 13.6 Å². The van der Waals surface area contributed by atoms with Gasteiger partial charge in [-0.2, -0.15) is 0 Å². The van der Waals surface area contributed by atoms with Crippen molar-refractivity contribution in [3.63, 3.8) is 0 Å². The lowest BCUT2D eigenvalue weighted by atomic mass is 9.96. The van der Waals surface area contributed by atoms with Crippen molar-refractivity contribution >= 4 is 11.7 Å². The highest BCUT2D eigenvalue weighted by Crippen LogP contribution is 2.21. The van der Waals surface area contributed by atoms with Crippen LogP contribution >= 0.6 is 0 Å². The minimum atomic E-state index is -0.663. The Balaban J connectivity index is 1.44. The predicted octanol–water partition coefficient (Wildman–Crippen LogP) is 5.31. The van der Waals surface area contributed by atoms with Crippen LogP contribution in [0.15, 0.2) is 47.6 Å². The molecule has 0 radical (unpaired) electrons. The van der Waals surface area contributed by atoms with E-state index in [4.69, 9.17) is 4.84 Å². The van der Waals surface area contributed by atoms with E-state index in [1.807, 2.05) is 31.2 Å². The maximum Gasteiger partial charge on any atom is 0.318 e. The minimum Gasteiger partial charge on any atom is -0.390 e. The van der Waals surface area contributed by atoms with Gasteiger partial charge in [0.1, 0.15) is 11.6 Å². The Bertz CT molecular complexity index is 972. The van der Waals surface area contributed by atoms with Crippen LogP contribution in [0.1, 0.15) is 55.2 Å². The molecule has 2 amide bonds. The highest BCUT2D eigenvalue weighted by atomic mass is 19.1. The molecule has 170 valence electrons. The number of urea groups is 1. The van der Waals surface area contributed by atoms with Gasteiger partial charge in [-0.3, -0.25) is 0 Å². The number of nitrogens with zero attached hydrogens (tertiary/aromatic N) is 2.